The number of rotatable bonds is 8. The van der Waals surface area contributed by atoms with Crippen molar-refractivity contribution >= 4 is 5.69 Å². The van der Waals surface area contributed by atoms with Crippen molar-refractivity contribution in [3.63, 3.8) is 0 Å². The smallest absolute Gasteiger partial charge is 0.222 e. The van der Waals surface area contributed by atoms with Gasteiger partial charge < -0.3 is 14.8 Å². The molecule has 0 unspecified atom stereocenters. The highest BCUT2D eigenvalue weighted by atomic mass is 16.5. The molecule has 0 bridgehead atoms. The fourth-order valence-electron chi connectivity index (χ4n) is 2.48. The van der Waals surface area contributed by atoms with E-state index in [-0.39, 0.29) is 0 Å². The molecule has 0 saturated carbocycles. The molecule has 0 spiro atoms. The Morgan fingerprint density at radius 3 is 2.92 bits per heavy atom. The topological polar surface area (TPSA) is 79.0 Å². The molecule has 0 aliphatic rings. The molecule has 3 aromatic heterocycles. The van der Waals surface area contributed by atoms with E-state index in [0.717, 1.165) is 23.5 Å². The summed E-state index contributed by atoms with van der Waals surface area (Å²) in [6.07, 6.45) is 7.14. The Kier molecular flexibility index (Phi) is 5.30. The highest BCUT2D eigenvalue weighted by molar-refractivity contribution is 5.42. The van der Waals surface area contributed by atoms with Crippen LogP contribution in [0.2, 0.25) is 0 Å². The first-order valence-corrected chi connectivity index (χ1v) is 8.03. The number of nitrogens with one attached hydrogen (secondary N) is 1. The van der Waals surface area contributed by atoms with E-state index in [1.807, 2.05) is 37.0 Å². The maximum absolute atomic E-state index is 5.97. The van der Waals surface area contributed by atoms with Crippen LogP contribution in [-0.2, 0) is 24.9 Å². The van der Waals surface area contributed by atoms with Crippen molar-refractivity contribution in [2.75, 3.05) is 19.0 Å². The van der Waals surface area contributed by atoms with Gasteiger partial charge in [-0.05, 0) is 19.1 Å². The van der Waals surface area contributed by atoms with Gasteiger partial charge in [0.25, 0.3) is 0 Å². The van der Waals surface area contributed by atoms with Crippen molar-refractivity contribution in [2.45, 2.75) is 20.0 Å². The first-order valence-electron chi connectivity index (χ1n) is 8.03. The van der Waals surface area contributed by atoms with E-state index >= 15 is 0 Å². The van der Waals surface area contributed by atoms with Crippen LogP contribution in [0.3, 0.4) is 0 Å². The summed E-state index contributed by atoms with van der Waals surface area (Å²) in [4.78, 5) is 4.08. The number of pyridine rings is 1. The average Bonchev–Trinajstić information content (AvgIpc) is 3.17. The quantitative estimate of drug-likeness (QED) is 0.677. The zero-order valence-corrected chi connectivity index (χ0v) is 14.6. The number of aryl methyl sites for hydroxylation is 2. The highest BCUT2D eigenvalue weighted by Gasteiger charge is 2.15. The van der Waals surface area contributed by atoms with Gasteiger partial charge in [0.05, 0.1) is 42.5 Å². The lowest BCUT2D eigenvalue weighted by molar-refractivity contribution is 0.183. The fourth-order valence-corrected chi connectivity index (χ4v) is 2.48. The van der Waals surface area contributed by atoms with Gasteiger partial charge in [-0.1, -0.05) is 0 Å². The molecule has 0 atom stereocenters. The molecular weight excluding hydrogens is 320 g/mol. The Morgan fingerprint density at radius 1 is 1.28 bits per heavy atom. The maximum atomic E-state index is 5.97. The molecule has 0 fully saturated rings. The molecular formula is C17H22N6O2. The summed E-state index contributed by atoms with van der Waals surface area (Å²) in [6, 6.07) is 3.71. The van der Waals surface area contributed by atoms with Crippen LogP contribution in [0.4, 0.5) is 5.69 Å². The molecule has 25 heavy (non-hydrogen) atoms. The van der Waals surface area contributed by atoms with Crippen molar-refractivity contribution in [3.05, 3.63) is 48.2 Å². The van der Waals surface area contributed by atoms with Crippen LogP contribution >= 0.6 is 0 Å². The number of ether oxygens (including phenoxy) is 2. The van der Waals surface area contributed by atoms with Gasteiger partial charge in [-0.15, -0.1) is 0 Å². The predicted molar refractivity (Wildman–Crippen MR) is 93.7 cm³/mol. The standard InChI is InChI=1S/C17H22N6O2/c1-13-16(11-19-14-9-20-23(12-14)7-8-24-3)17(22(2)21-13)25-15-5-4-6-18-10-15/h4-6,9-10,12,19H,7-8,11H2,1-3H3. The fraction of sp³-hybridized carbons (Fsp3) is 0.353. The minimum absolute atomic E-state index is 0.589. The summed E-state index contributed by atoms with van der Waals surface area (Å²) in [6.45, 7) is 3.91. The van der Waals surface area contributed by atoms with Gasteiger partial charge in [-0.2, -0.15) is 10.2 Å². The Labute approximate surface area is 146 Å². The lowest BCUT2D eigenvalue weighted by Gasteiger charge is -2.09. The second-order valence-corrected chi connectivity index (χ2v) is 5.62. The molecule has 0 aromatic carbocycles. The predicted octanol–water partition coefficient (Wildman–Crippen LogP) is 2.37. The number of hydrogen-bond acceptors (Lipinski definition) is 6. The van der Waals surface area contributed by atoms with Gasteiger partial charge in [-0.25, -0.2) is 4.68 Å². The van der Waals surface area contributed by atoms with Crippen molar-refractivity contribution in [2.24, 2.45) is 7.05 Å². The molecule has 8 nitrogen and oxygen atoms in total. The monoisotopic (exact) mass is 342 g/mol. The normalized spacial score (nSPS) is 10.8. The van der Waals surface area contributed by atoms with Gasteiger partial charge in [0.2, 0.25) is 5.88 Å². The van der Waals surface area contributed by atoms with Crippen LogP contribution in [0.15, 0.2) is 36.9 Å². The molecule has 1 N–H and O–H groups in total. The van der Waals surface area contributed by atoms with Crippen LogP contribution in [0.5, 0.6) is 11.6 Å². The van der Waals surface area contributed by atoms with Gasteiger partial charge in [-0.3, -0.25) is 9.67 Å². The average molecular weight is 342 g/mol. The van der Waals surface area contributed by atoms with E-state index < -0.39 is 0 Å². The third kappa shape index (κ3) is 4.16. The van der Waals surface area contributed by atoms with Gasteiger partial charge in [0, 0.05) is 33.1 Å². The number of methoxy groups -OCH3 is 1. The number of anilines is 1. The van der Waals surface area contributed by atoms with Crippen LogP contribution in [0.1, 0.15) is 11.3 Å². The maximum Gasteiger partial charge on any atom is 0.222 e. The summed E-state index contributed by atoms with van der Waals surface area (Å²) in [5, 5.41) is 12.1. The summed E-state index contributed by atoms with van der Waals surface area (Å²) >= 11 is 0. The van der Waals surface area contributed by atoms with E-state index in [1.165, 1.54) is 0 Å². The first-order chi connectivity index (χ1) is 12.2. The third-order valence-electron chi connectivity index (χ3n) is 3.76. The van der Waals surface area contributed by atoms with E-state index in [4.69, 9.17) is 9.47 Å². The molecule has 0 aliphatic heterocycles. The minimum Gasteiger partial charge on any atom is -0.437 e. The van der Waals surface area contributed by atoms with Crippen molar-refractivity contribution in [1.82, 2.24) is 24.5 Å². The van der Waals surface area contributed by atoms with Gasteiger partial charge >= 0.3 is 0 Å². The largest absolute Gasteiger partial charge is 0.437 e. The highest BCUT2D eigenvalue weighted by Crippen LogP contribution is 2.27. The minimum atomic E-state index is 0.589. The van der Waals surface area contributed by atoms with E-state index in [0.29, 0.717) is 24.8 Å². The lowest BCUT2D eigenvalue weighted by atomic mass is 10.2. The molecule has 0 saturated heterocycles. The number of hydrogen-bond donors (Lipinski definition) is 1. The Morgan fingerprint density at radius 2 is 2.16 bits per heavy atom. The van der Waals surface area contributed by atoms with Crippen LogP contribution in [0, 0.1) is 6.92 Å². The zero-order chi connectivity index (χ0) is 17.6. The SMILES string of the molecule is COCCn1cc(NCc2c(C)nn(C)c2Oc2cccnc2)cn1. The summed E-state index contributed by atoms with van der Waals surface area (Å²) in [5.41, 5.74) is 2.85. The molecule has 3 aromatic rings. The second kappa shape index (κ2) is 7.80. The van der Waals surface area contributed by atoms with Crippen LogP contribution in [0.25, 0.3) is 0 Å². The van der Waals surface area contributed by atoms with Gasteiger partial charge in [0.15, 0.2) is 0 Å². The number of nitrogens with zero attached hydrogens (tertiary/aromatic N) is 5. The molecule has 3 rings (SSSR count). The molecule has 132 valence electrons. The lowest BCUT2D eigenvalue weighted by Crippen LogP contribution is -2.04. The molecule has 3 heterocycles. The molecule has 0 aliphatic carbocycles. The van der Waals surface area contributed by atoms with Crippen molar-refractivity contribution in [1.29, 1.82) is 0 Å². The summed E-state index contributed by atoms with van der Waals surface area (Å²) in [7, 11) is 3.54. The van der Waals surface area contributed by atoms with Gasteiger partial charge in [0.1, 0.15) is 5.75 Å². The third-order valence-corrected chi connectivity index (χ3v) is 3.76. The molecule has 8 heteroatoms. The van der Waals surface area contributed by atoms with E-state index in [1.54, 1.807) is 30.4 Å². The van der Waals surface area contributed by atoms with Crippen molar-refractivity contribution in [3.8, 4) is 11.6 Å². The van der Waals surface area contributed by atoms with Crippen LogP contribution in [-0.4, -0.2) is 38.3 Å². The Bertz CT molecular complexity index is 812. The van der Waals surface area contributed by atoms with Crippen LogP contribution < -0.4 is 10.1 Å². The Hall–Kier alpha value is -2.87. The first kappa shape index (κ1) is 17.0. The molecule has 0 radical (unpaired) electrons. The summed E-state index contributed by atoms with van der Waals surface area (Å²) in [5.74, 6) is 1.38. The van der Waals surface area contributed by atoms with Crippen molar-refractivity contribution < 1.29 is 9.47 Å². The molecule has 0 amide bonds. The zero-order valence-electron chi connectivity index (χ0n) is 14.6. The second-order valence-electron chi connectivity index (χ2n) is 5.62. The van der Waals surface area contributed by atoms with E-state index in [2.05, 4.69) is 20.5 Å². The van der Waals surface area contributed by atoms with E-state index in [9.17, 15) is 0 Å². The summed E-state index contributed by atoms with van der Waals surface area (Å²) < 4.78 is 14.6. The number of aromatic nitrogens is 5. The Balaban J connectivity index is 1.71.